The molecule has 0 aliphatic carbocycles. The van der Waals surface area contributed by atoms with E-state index in [1.165, 1.54) is 24.3 Å². The Balaban J connectivity index is 3.05. The van der Waals surface area contributed by atoms with E-state index < -0.39 is 12.2 Å². The van der Waals surface area contributed by atoms with Gasteiger partial charge in [0.05, 0.1) is 16.7 Å². The number of nitrogens with zero attached hydrogens (tertiary/aromatic N) is 2. The van der Waals surface area contributed by atoms with Crippen molar-refractivity contribution in [3.8, 4) is 12.1 Å². The van der Waals surface area contributed by atoms with Crippen molar-refractivity contribution >= 4 is 11.6 Å². The second-order valence-electron chi connectivity index (χ2n) is 2.87. The zero-order chi connectivity index (χ0) is 11.4. The van der Waals surface area contributed by atoms with Crippen molar-refractivity contribution in [3.05, 3.63) is 34.3 Å². The van der Waals surface area contributed by atoms with Crippen LogP contribution in [0.4, 0.5) is 0 Å². The number of hydrogen-bond donors (Lipinski definition) is 2. The molecule has 2 atom stereocenters. The molecule has 76 valence electrons. The van der Waals surface area contributed by atoms with E-state index in [0.29, 0.717) is 5.56 Å². The average molecular weight is 223 g/mol. The molecule has 0 bridgehead atoms. The molecule has 1 aromatic rings. The van der Waals surface area contributed by atoms with Crippen LogP contribution in [0.15, 0.2) is 18.2 Å². The van der Waals surface area contributed by atoms with Crippen LogP contribution in [-0.4, -0.2) is 16.3 Å². The first-order valence-electron chi connectivity index (χ1n) is 4.05. The lowest BCUT2D eigenvalue weighted by Gasteiger charge is -2.12. The standard InChI is InChI=1S/C10H7ClN2O2/c11-8-3-6(1-2-7(8)4-12)10(15)9(14)5-13/h1-3,9-10,14-15H. The van der Waals surface area contributed by atoms with Crippen molar-refractivity contribution in [1.29, 1.82) is 10.5 Å². The maximum absolute atomic E-state index is 9.46. The number of aliphatic hydroxyl groups excluding tert-OH is 2. The summed E-state index contributed by atoms with van der Waals surface area (Å²) < 4.78 is 0. The lowest BCUT2D eigenvalue weighted by Crippen LogP contribution is -2.15. The number of aliphatic hydroxyl groups is 2. The molecule has 0 heterocycles. The molecule has 0 fully saturated rings. The highest BCUT2D eigenvalue weighted by molar-refractivity contribution is 6.31. The van der Waals surface area contributed by atoms with Crippen molar-refractivity contribution < 1.29 is 10.2 Å². The van der Waals surface area contributed by atoms with Gasteiger partial charge in [0.15, 0.2) is 6.10 Å². The van der Waals surface area contributed by atoms with Gasteiger partial charge in [0.25, 0.3) is 0 Å². The van der Waals surface area contributed by atoms with Gasteiger partial charge in [-0.15, -0.1) is 0 Å². The molecule has 2 N–H and O–H groups in total. The molecule has 1 aromatic carbocycles. The Morgan fingerprint density at radius 1 is 1.27 bits per heavy atom. The molecule has 0 radical (unpaired) electrons. The number of hydrogen-bond acceptors (Lipinski definition) is 4. The van der Waals surface area contributed by atoms with Crippen LogP contribution in [0.1, 0.15) is 17.2 Å². The summed E-state index contributed by atoms with van der Waals surface area (Å²) in [6, 6.07) is 7.59. The summed E-state index contributed by atoms with van der Waals surface area (Å²) in [7, 11) is 0. The van der Waals surface area contributed by atoms with Crippen molar-refractivity contribution in [1.82, 2.24) is 0 Å². The van der Waals surface area contributed by atoms with Crippen LogP contribution in [0.3, 0.4) is 0 Å². The van der Waals surface area contributed by atoms with Crippen LogP contribution in [0.5, 0.6) is 0 Å². The summed E-state index contributed by atoms with van der Waals surface area (Å²) in [4.78, 5) is 0. The Morgan fingerprint density at radius 3 is 2.40 bits per heavy atom. The molecule has 0 saturated carbocycles. The van der Waals surface area contributed by atoms with E-state index in [0.717, 1.165) is 0 Å². The first-order chi connectivity index (χ1) is 7.10. The Morgan fingerprint density at radius 2 is 1.93 bits per heavy atom. The fourth-order valence-corrected chi connectivity index (χ4v) is 1.29. The second kappa shape index (κ2) is 4.77. The van der Waals surface area contributed by atoms with Gasteiger partial charge in [0, 0.05) is 0 Å². The molecule has 0 spiro atoms. The molecular weight excluding hydrogens is 216 g/mol. The van der Waals surface area contributed by atoms with E-state index in [9.17, 15) is 5.11 Å². The SMILES string of the molecule is N#Cc1ccc(C(O)C(O)C#N)cc1Cl. The summed E-state index contributed by atoms with van der Waals surface area (Å²) >= 11 is 5.72. The monoisotopic (exact) mass is 222 g/mol. The van der Waals surface area contributed by atoms with Crippen molar-refractivity contribution in [2.75, 3.05) is 0 Å². The number of halogens is 1. The van der Waals surface area contributed by atoms with E-state index in [4.69, 9.17) is 27.2 Å². The van der Waals surface area contributed by atoms with Crippen LogP contribution < -0.4 is 0 Å². The normalized spacial score (nSPS) is 13.7. The molecule has 0 aliphatic heterocycles. The molecule has 1 rings (SSSR count). The van der Waals surface area contributed by atoms with Crippen molar-refractivity contribution in [3.63, 3.8) is 0 Å². The third-order valence-electron chi connectivity index (χ3n) is 1.89. The third-order valence-corrected chi connectivity index (χ3v) is 2.20. The van der Waals surface area contributed by atoms with Gasteiger partial charge >= 0.3 is 0 Å². The molecule has 2 unspecified atom stereocenters. The number of nitriles is 2. The van der Waals surface area contributed by atoms with Crippen LogP contribution in [0, 0.1) is 22.7 Å². The Kier molecular flexibility index (Phi) is 3.65. The molecule has 0 amide bonds. The largest absolute Gasteiger partial charge is 0.385 e. The predicted octanol–water partition coefficient (Wildman–Crippen LogP) is 1.13. The van der Waals surface area contributed by atoms with Gasteiger partial charge in [-0.05, 0) is 17.7 Å². The van der Waals surface area contributed by atoms with Crippen LogP contribution >= 0.6 is 11.6 Å². The summed E-state index contributed by atoms with van der Waals surface area (Å²) in [5.74, 6) is 0. The van der Waals surface area contributed by atoms with E-state index in [1.54, 1.807) is 0 Å². The van der Waals surface area contributed by atoms with Crippen LogP contribution in [0.25, 0.3) is 0 Å². The highest BCUT2D eigenvalue weighted by atomic mass is 35.5. The van der Waals surface area contributed by atoms with Crippen molar-refractivity contribution in [2.45, 2.75) is 12.2 Å². The smallest absolute Gasteiger partial charge is 0.170 e. The average Bonchev–Trinajstić information content (AvgIpc) is 2.26. The van der Waals surface area contributed by atoms with Crippen LogP contribution in [-0.2, 0) is 0 Å². The van der Waals surface area contributed by atoms with Gasteiger partial charge < -0.3 is 10.2 Å². The van der Waals surface area contributed by atoms with Crippen LogP contribution in [0.2, 0.25) is 5.02 Å². The molecule has 4 nitrogen and oxygen atoms in total. The highest BCUT2D eigenvalue weighted by Crippen LogP contribution is 2.23. The Hall–Kier alpha value is -1.59. The number of rotatable bonds is 2. The Bertz CT molecular complexity index is 448. The summed E-state index contributed by atoms with van der Waals surface area (Å²) in [5.41, 5.74) is 0.576. The van der Waals surface area contributed by atoms with Gasteiger partial charge in [-0.2, -0.15) is 10.5 Å². The molecule has 5 heteroatoms. The van der Waals surface area contributed by atoms with Gasteiger partial charge in [0.1, 0.15) is 12.2 Å². The second-order valence-corrected chi connectivity index (χ2v) is 3.28. The lowest BCUT2D eigenvalue weighted by atomic mass is 10.0. The minimum Gasteiger partial charge on any atom is -0.385 e. The predicted molar refractivity (Wildman–Crippen MR) is 52.7 cm³/mol. The summed E-state index contributed by atoms with van der Waals surface area (Å²) in [5, 5.41) is 35.7. The maximum Gasteiger partial charge on any atom is 0.170 e. The minimum atomic E-state index is -1.51. The molecule has 15 heavy (non-hydrogen) atoms. The summed E-state index contributed by atoms with van der Waals surface area (Å²) in [6.07, 6.45) is -2.82. The fraction of sp³-hybridized carbons (Fsp3) is 0.200. The fourth-order valence-electron chi connectivity index (χ4n) is 1.06. The minimum absolute atomic E-state index is 0.180. The first kappa shape index (κ1) is 11.5. The van der Waals surface area contributed by atoms with Gasteiger partial charge in [-0.1, -0.05) is 17.7 Å². The molecule has 0 saturated heterocycles. The van der Waals surface area contributed by atoms with E-state index in [2.05, 4.69) is 0 Å². The van der Waals surface area contributed by atoms with E-state index in [1.807, 2.05) is 6.07 Å². The zero-order valence-corrected chi connectivity index (χ0v) is 8.31. The molecular formula is C10H7ClN2O2. The van der Waals surface area contributed by atoms with Gasteiger partial charge in [-0.25, -0.2) is 0 Å². The topological polar surface area (TPSA) is 88.0 Å². The highest BCUT2D eigenvalue weighted by Gasteiger charge is 2.18. The molecule has 0 aliphatic rings. The quantitative estimate of drug-likeness (QED) is 0.735. The molecule has 0 aromatic heterocycles. The van der Waals surface area contributed by atoms with Gasteiger partial charge in [-0.3, -0.25) is 0 Å². The third kappa shape index (κ3) is 2.45. The Labute approximate surface area is 91.6 Å². The van der Waals surface area contributed by atoms with E-state index >= 15 is 0 Å². The lowest BCUT2D eigenvalue weighted by molar-refractivity contribution is 0.0528. The zero-order valence-electron chi connectivity index (χ0n) is 7.55. The number of benzene rings is 1. The maximum atomic E-state index is 9.46. The first-order valence-corrected chi connectivity index (χ1v) is 4.43. The van der Waals surface area contributed by atoms with Crippen molar-refractivity contribution in [2.24, 2.45) is 0 Å². The van der Waals surface area contributed by atoms with E-state index in [-0.39, 0.29) is 10.6 Å². The van der Waals surface area contributed by atoms with Gasteiger partial charge in [0.2, 0.25) is 0 Å². The summed E-state index contributed by atoms with van der Waals surface area (Å²) in [6.45, 7) is 0.